The van der Waals surface area contributed by atoms with E-state index in [1.807, 2.05) is 7.05 Å². The second kappa shape index (κ2) is 6.12. The third kappa shape index (κ3) is 3.28. The molecule has 0 radical (unpaired) electrons. The second-order valence-corrected chi connectivity index (χ2v) is 16.1. The fraction of sp³-hybridized carbons (Fsp3) is 0.917. The predicted molar refractivity (Wildman–Crippen MR) is 79.9 cm³/mol. The Bertz CT molecular complexity index is 234. The van der Waals surface area contributed by atoms with E-state index in [4.69, 9.17) is 0 Å². The van der Waals surface area contributed by atoms with Crippen molar-refractivity contribution in [2.45, 2.75) is 64.3 Å². The lowest BCUT2D eigenvalue weighted by Gasteiger charge is -2.37. The fourth-order valence-corrected chi connectivity index (χ4v) is 9.57. The Morgan fingerprint density at radius 3 is 1.62 bits per heavy atom. The first kappa shape index (κ1) is 16.1. The van der Waals surface area contributed by atoms with Crippen molar-refractivity contribution in [1.29, 1.82) is 0 Å². The van der Waals surface area contributed by atoms with E-state index in [1.54, 1.807) is 0 Å². The first-order valence-electron chi connectivity index (χ1n) is 6.44. The molecular formula is C12H29NOSi2. The highest BCUT2D eigenvalue weighted by Crippen LogP contribution is 2.27. The summed E-state index contributed by atoms with van der Waals surface area (Å²) in [4.78, 5) is 4.43. The maximum atomic E-state index is 10.7. The molecule has 1 atom stereocenters. The highest BCUT2D eigenvalue weighted by atomic mass is 28.3. The van der Waals surface area contributed by atoms with Crippen LogP contribution in [0, 0.1) is 0 Å². The molecule has 96 valence electrons. The number of aliphatic hydroxyl groups is 1. The summed E-state index contributed by atoms with van der Waals surface area (Å²) in [5.74, 6) is 0. The van der Waals surface area contributed by atoms with Gasteiger partial charge in [-0.1, -0.05) is 58.5 Å². The van der Waals surface area contributed by atoms with Crippen LogP contribution < -0.4 is 0 Å². The van der Waals surface area contributed by atoms with Gasteiger partial charge < -0.3 is 5.11 Å². The minimum atomic E-state index is -1.56. The van der Waals surface area contributed by atoms with E-state index in [9.17, 15) is 5.11 Å². The summed E-state index contributed by atoms with van der Waals surface area (Å²) in [7, 11) is -1.18. The van der Waals surface area contributed by atoms with Crippen LogP contribution in [-0.4, -0.2) is 39.4 Å². The van der Waals surface area contributed by atoms with Gasteiger partial charge in [0.1, 0.15) is 0 Å². The zero-order valence-electron chi connectivity index (χ0n) is 12.1. The van der Waals surface area contributed by atoms with E-state index in [2.05, 4.69) is 45.4 Å². The topological polar surface area (TPSA) is 32.6 Å². The van der Waals surface area contributed by atoms with Crippen LogP contribution in [0.2, 0.25) is 37.8 Å². The summed E-state index contributed by atoms with van der Waals surface area (Å²) in [6.45, 7) is 13.5. The summed E-state index contributed by atoms with van der Waals surface area (Å²) in [5.41, 5.74) is -0.218. The van der Waals surface area contributed by atoms with E-state index in [-0.39, 0.29) is 5.73 Å². The molecule has 0 heterocycles. The summed E-state index contributed by atoms with van der Waals surface area (Å²) in [6.07, 6.45) is 0. The van der Waals surface area contributed by atoms with Crippen molar-refractivity contribution in [1.82, 2.24) is 0 Å². The predicted octanol–water partition coefficient (Wildman–Crippen LogP) is 3.34. The SMILES string of the molecule is CC[Si](CC)(CC)C(O)C(=NC)[Si](C)(C)C. The Labute approximate surface area is 103 Å². The van der Waals surface area contributed by atoms with Crippen molar-refractivity contribution in [3.63, 3.8) is 0 Å². The minimum Gasteiger partial charge on any atom is -0.391 e. The third-order valence-electron chi connectivity index (χ3n) is 3.96. The van der Waals surface area contributed by atoms with Crippen LogP contribution in [0.25, 0.3) is 0 Å². The van der Waals surface area contributed by atoms with Crippen molar-refractivity contribution in [3.8, 4) is 0 Å². The second-order valence-electron chi connectivity index (χ2n) is 5.68. The number of rotatable bonds is 6. The molecule has 1 unspecified atom stereocenters. The van der Waals surface area contributed by atoms with E-state index in [1.165, 1.54) is 0 Å². The average molecular weight is 260 g/mol. The molecule has 0 aliphatic carbocycles. The highest BCUT2D eigenvalue weighted by molar-refractivity contribution is 7.08. The normalized spacial score (nSPS) is 16.4. The molecule has 0 saturated heterocycles. The Kier molecular flexibility index (Phi) is 6.14. The summed E-state index contributed by atoms with van der Waals surface area (Å²) in [5, 5.41) is 11.8. The van der Waals surface area contributed by atoms with Gasteiger partial charge in [0.15, 0.2) is 0 Å². The maximum Gasteiger partial charge on any atom is 0.0983 e. The van der Waals surface area contributed by atoms with E-state index in [0.29, 0.717) is 0 Å². The molecule has 1 N–H and O–H groups in total. The van der Waals surface area contributed by atoms with Crippen LogP contribution in [0.3, 0.4) is 0 Å². The molecule has 0 amide bonds. The van der Waals surface area contributed by atoms with Crippen molar-refractivity contribution < 1.29 is 5.11 Å². The quantitative estimate of drug-likeness (QED) is 0.576. The molecule has 0 bridgehead atoms. The minimum absolute atomic E-state index is 0.218. The molecule has 0 aliphatic heterocycles. The standard InChI is InChI=1S/C12H29NOSi2/c1-8-16(9-2,10-3)12(14)11(13-4)15(5,6)7/h12,14H,8-10H2,1-7H3. The van der Waals surface area contributed by atoms with Crippen molar-refractivity contribution in [3.05, 3.63) is 0 Å². The van der Waals surface area contributed by atoms with Crippen molar-refractivity contribution in [2.75, 3.05) is 7.05 Å². The lowest BCUT2D eigenvalue weighted by atomic mass is 10.7. The number of nitrogens with zero attached hydrogens (tertiary/aromatic N) is 1. The molecule has 0 aromatic carbocycles. The van der Waals surface area contributed by atoms with Gasteiger partial charge in [0.25, 0.3) is 0 Å². The summed E-state index contributed by atoms with van der Waals surface area (Å²) in [6, 6.07) is 3.47. The van der Waals surface area contributed by atoms with Gasteiger partial charge in [0, 0.05) is 12.4 Å². The molecular weight excluding hydrogens is 230 g/mol. The van der Waals surface area contributed by atoms with Crippen molar-refractivity contribution in [2.24, 2.45) is 4.99 Å². The average Bonchev–Trinajstić information content (AvgIpc) is 2.20. The molecule has 0 aromatic heterocycles. The lowest BCUT2D eigenvalue weighted by Crippen LogP contribution is -2.56. The highest BCUT2D eigenvalue weighted by Gasteiger charge is 2.41. The van der Waals surface area contributed by atoms with Gasteiger partial charge in [-0.05, 0) is 0 Å². The van der Waals surface area contributed by atoms with Crippen LogP contribution in [-0.2, 0) is 0 Å². The third-order valence-corrected chi connectivity index (χ3v) is 11.9. The molecule has 0 rings (SSSR count). The fourth-order valence-electron chi connectivity index (χ4n) is 2.49. The van der Waals surface area contributed by atoms with Gasteiger partial charge in [0.05, 0.1) is 21.9 Å². The smallest absolute Gasteiger partial charge is 0.0983 e. The van der Waals surface area contributed by atoms with Gasteiger partial charge in [-0.25, -0.2) is 0 Å². The number of hydrogen-bond acceptors (Lipinski definition) is 2. The maximum absolute atomic E-state index is 10.7. The first-order chi connectivity index (χ1) is 7.29. The molecule has 4 heteroatoms. The molecule has 16 heavy (non-hydrogen) atoms. The van der Waals surface area contributed by atoms with E-state index >= 15 is 0 Å². The molecule has 0 fully saturated rings. The Balaban J connectivity index is 5.22. The van der Waals surface area contributed by atoms with E-state index < -0.39 is 16.1 Å². The van der Waals surface area contributed by atoms with Gasteiger partial charge in [-0.2, -0.15) is 0 Å². The molecule has 0 aliphatic rings. The Morgan fingerprint density at radius 1 is 1.06 bits per heavy atom. The number of aliphatic imine (C=N–C) groups is 1. The lowest BCUT2D eigenvalue weighted by molar-refractivity contribution is 0.306. The molecule has 0 aromatic rings. The Hall–Kier alpha value is 0.0638. The van der Waals surface area contributed by atoms with Crippen LogP contribution >= 0.6 is 0 Å². The van der Waals surface area contributed by atoms with Crippen LogP contribution in [0.1, 0.15) is 20.8 Å². The van der Waals surface area contributed by atoms with Gasteiger partial charge in [0.2, 0.25) is 0 Å². The van der Waals surface area contributed by atoms with Crippen LogP contribution in [0.5, 0.6) is 0 Å². The molecule has 2 nitrogen and oxygen atoms in total. The zero-order chi connectivity index (χ0) is 13.0. The molecule has 0 saturated carbocycles. The van der Waals surface area contributed by atoms with Gasteiger partial charge in [-0.15, -0.1) is 0 Å². The first-order valence-corrected chi connectivity index (χ1v) is 12.6. The van der Waals surface area contributed by atoms with Gasteiger partial charge >= 0.3 is 0 Å². The largest absolute Gasteiger partial charge is 0.391 e. The molecule has 0 spiro atoms. The van der Waals surface area contributed by atoms with E-state index in [0.717, 1.165) is 23.5 Å². The zero-order valence-corrected chi connectivity index (χ0v) is 14.1. The summed E-state index contributed by atoms with van der Waals surface area (Å²) >= 11 is 0. The Morgan fingerprint density at radius 2 is 1.44 bits per heavy atom. The van der Waals surface area contributed by atoms with Crippen LogP contribution in [0.15, 0.2) is 4.99 Å². The number of aliphatic hydroxyl groups excluding tert-OH is 1. The monoisotopic (exact) mass is 259 g/mol. The number of hydrogen-bond donors (Lipinski definition) is 1. The summed E-state index contributed by atoms with van der Waals surface area (Å²) < 4.78 is 0. The van der Waals surface area contributed by atoms with Crippen LogP contribution in [0.4, 0.5) is 0 Å². The van der Waals surface area contributed by atoms with Crippen molar-refractivity contribution >= 4 is 21.5 Å². The van der Waals surface area contributed by atoms with Gasteiger partial charge in [-0.3, -0.25) is 4.99 Å².